The van der Waals surface area contributed by atoms with Gasteiger partial charge in [-0.1, -0.05) is 12.1 Å². The highest BCUT2D eigenvalue weighted by atomic mass is 32.2. The SMILES string of the molecule is Cc1ccc(C)c(OCCCSC(C)(C)[C@H](N)C(=O)O)c1. The van der Waals surface area contributed by atoms with Crippen molar-refractivity contribution in [2.24, 2.45) is 5.73 Å². The molecule has 0 aromatic heterocycles. The molecule has 0 fully saturated rings. The summed E-state index contributed by atoms with van der Waals surface area (Å²) in [5.41, 5.74) is 7.99. The van der Waals surface area contributed by atoms with Gasteiger partial charge in [-0.3, -0.25) is 4.79 Å². The van der Waals surface area contributed by atoms with Crippen LogP contribution in [0.1, 0.15) is 31.4 Å². The lowest BCUT2D eigenvalue weighted by atomic mass is 10.1. The molecular formula is C16H25NO3S. The number of carbonyl (C=O) groups is 1. The number of hydrogen-bond acceptors (Lipinski definition) is 4. The number of rotatable bonds is 8. The Morgan fingerprint density at radius 2 is 2.10 bits per heavy atom. The van der Waals surface area contributed by atoms with E-state index in [-0.39, 0.29) is 0 Å². The third-order valence-electron chi connectivity index (χ3n) is 3.38. The molecule has 0 radical (unpaired) electrons. The number of aryl methyl sites for hydroxylation is 2. The third-order valence-corrected chi connectivity index (χ3v) is 4.87. The molecule has 0 aliphatic rings. The second-order valence-electron chi connectivity index (χ2n) is 5.74. The number of carboxylic acids is 1. The van der Waals surface area contributed by atoms with E-state index in [0.29, 0.717) is 6.61 Å². The lowest BCUT2D eigenvalue weighted by Gasteiger charge is -2.27. The Kier molecular flexibility index (Phi) is 6.55. The van der Waals surface area contributed by atoms with Crippen LogP contribution in [0.5, 0.6) is 5.75 Å². The number of hydrogen-bond donors (Lipinski definition) is 2. The highest BCUT2D eigenvalue weighted by Gasteiger charge is 2.32. The van der Waals surface area contributed by atoms with Gasteiger partial charge in [0.05, 0.1) is 6.61 Å². The van der Waals surface area contributed by atoms with Crippen LogP contribution in [0.4, 0.5) is 0 Å². The second-order valence-corrected chi connectivity index (χ2v) is 7.49. The summed E-state index contributed by atoms with van der Waals surface area (Å²) in [4.78, 5) is 10.9. The number of thioether (sulfide) groups is 1. The summed E-state index contributed by atoms with van der Waals surface area (Å²) in [6.07, 6.45) is 0.855. The third kappa shape index (κ3) is 5.59. The normalized spacial score (nSPS) is 13.0. The number of carboxylic acid groups (broad SMARTS) is 1. The molecule has 0 aliphatic heterocycles. The summed E-state index contributed by atoms with van der Waals surface area (Å²) in [5.74, 6) is 0.777. The number of aliphatic carboxylic acids is 1. The van der Waals surface area contributed by atoms with Crippen LogP contribution in [0.3, 0.4) is 0 Å². The van der Waals surface area contributed by atoms with Crippen molar-refractivity contribution >= 4 is 17.7 Å². The molecule has 0 aliphatic carbocycles. The molecule has 21 heavy (non-hydrogen) atoms. The molecule has 3 N–H and O–H groups in total. The molecule has 0 bridgehead atoms. The van der Waals surface area contributed by atoms with Crippen LogP contribution in [-0.4, -0.2) is 34.2 Å². The summed E-state index contributed by atoms with van der Waals surface area (Å²) in [7, 11) is 0. The Morgan fingerprint density at radius 1 is 1.43 bits per heavy atom. The van der Waals surface area contributed by atoms with Crippen LogP contribution >= 0.6 is 11.8 Å². The first-order valence-electron chi connectivity index (χ1n) is 7.06. The Labute approximate surface area is 131 Å². The monoisotopic (exact) mass is 311 g/mol. The van der Waals surface area contributed by atoms with Gasteiger partial charge in [-0.15, -0.1) is 0 Å². The van der Waals surface area contributed by atoms with E-state index in [9.17, 15) is 4.79 Å². The first-order chi connectivity index (χ1) is 9.74. The zero-order valence-electron chi connectivity index (χ0n) is 13.2. The van der Waals surface area contributed by atoms with Crippen LogP contribution in [0.25, 0.3) is 0 Å². The number of nitrogens with two attached hydrogens (primary N) is 1. The molecule has 118 valence electrons. The van der Waals surface area contributed by atoms with Gasteiger partial charge in [0.15, 0.2) is 0 Å². The van der Waals surface area contributed by atoms with Gasteiger partial charge >= 0.3 is 5.97 Å². The van der Waals surface area contributed by atoms with Gasteiger partial charge < -0.3 is 15.6 Å². The summed E-state index contributed by atoms with van der Waals surface area (Å²) in [5, 5.41) is 8.96. The van der Waals surface area contributed by atoms with E-state index in [0.717, 1.165) is 23.5 Å². The molecule has 4 nitrogen and oxygen atoms in total. The fraction of sp³-hybridized carbons (Fsp3) is 0.562. The predicted molar refractivity (Wildman–Crippen MR) is 88.2 cm³/mol. The predicted octanol–water partition coefficient (Wildman–Crippen LogP) is 3.00. The Bertz CT molecular complexity index is 488. The zero-order valence-corrected chi connectivity index (χ0v) is 14.0. The number of ether oxygens (including phenoxy) is 1. The van der Waals surface area contributed by atoms with Gasteiger partial charge in [0, 0.05) is 4.75 Å². The molecule has 0 amide bonds. The lowest BCUT2D eigenvalue weighted by molar-refractivity contribution is -0.139. The summed E-state index contributed by atoms with van der Waals surface area (Å²) >= 11 is 1.57. The van der Waals surface area contributed by atoms with Crippen molar-refractivity contribution in [1.82, 2.24) is 0 Å². The molecular weight excluding hydrogens is 286 g/mol. The van der Waals surface area contributed by atoms with Crippen LogP contribution in [0, 0.1) is 13.8 Å². The minimum absolute atomic E-state index is 0.481. The maximum atomic E-state index is 10.9. The van der Waals surface area contributed by atoms with E-state index < -0.39 is 16.8 Å². The molecule has 1 rings (SSSR count). The van der Waals surface area contributed by atoms with Crippen LogP contribution < -0.4 is 10.5 Å². The minimum Gasteiger partial charge on any atom is -0.493 e. The Hall–Kier alpha value is -1.20. The van der Waals surface area contributed by atoms with Crippen molar-refractivity contribution in [3.8, 4) is 5.75 Å². The smallest absolute Gasteiger partial charge is 0.321 e. The first kappa shape index (κ1) is 17.9. The van der Waals surface area contributed by atoms with E-state index in [1.165, 1.54) is 5.56 Å². The molecule has 0 saturated heterocycles. The van der Waals surface area contributed by atoms with Gasteiger partial charge in [0.1, 0.15) is 11.8 Å². The number of benzene rings is 1. The molecule has 1 aromatic carbocycles. The summed E-state index contributed by atoms with van der Waals surface area (Å²) in [6, 6.07) is 5.29. The Balaban J connectivity index is 2.35. The van der Waals surface area contributed by atoms with Crippen molar-refractivity contribution in [2.75, 3.05) is 12.4 Å². The fourth-order valence-corrected chi connectivity index (χ4v) is 2.89. The van der Waals surface area contributed by atoms with Gasteiger partial charge in [0.25, 0.3) is 0 Å². The van der Waals surface area contributed by atoms with E-state index in [4.69, 9.17) is 15.6 Å². The summed E-state index contributed by atoms with van der Waals surface area (Å²) < 4.78 is 5.30. The maximum absolute atomic E-state index is 10.9. The molecule has 0 heterocycles. The van der Waals surface area contributed by atoms with E-state index in [1.54, 1.807) is 11.8 Å². The molecule has 0 saturated carbocycles. The van der Waals surface area contributed by atoms with Crippen molar-refractivity contribution in [3.05, 3.63) is 29.3 Å². The van der Waals surface area contributed by atoms with Crippen LogP contribution in [0.2, 0.25) is 0 Å². The first-order valence-corrected chi connectivity index (χ1v) is 8.05. The van der Waals surface area contributed by atoms with E-state index in [2.05, 4.69) is 12.1 Å². The summed E-state index contributed by atoms with van der Waals surface area (Å²) in [6.45, 7) is 8.41. The maximum Gasteiger partial charge on any atom is 0.321 e. The molecule has 1 aromatic rings. The van der Waals surface area contributed by atoms with Crippen molar-refractivity contribution in [2.45, 2.75) is 44.9 Å². The largest absolute Gasteiger partial charge is 0.493 e. The van der Waals surface area contributed by atoms with Crippen molar-refractivity contribution in [1.29, 1.82) is 0 Å². The average molecular weight is 311 g/mol. The van der Waals surface area contributed by atoms with Crippen LogP contribution in [-0.2, 0) is 4.79 Å². The van der Waals surface area contributed by atoms with Crippen molar-refractivity contribution in [3.63, 3.8) is 0 Å². The standard InChI is InChI=1S/C16H25NO3S/c1-11-6-7-12(2)13(10-11)20-8-5-9-21-16(3,4)14(17)15(18)19/h6-7,10,14H,5,8-9,17H2,1-4H3,(H,18,19)/t14-/m1/s1. The topological polar surface area (TPSA) is 72.5 Å². The highest BCUT2D eigenvalue weighted by Crippen LogP contribution is 2.28. The molecule has 5 heteroatoms. The quantitative estimate of drug-likeness (QED) is 0.722. The highest BCUT2D eigenvalue weighted by molar-refractivity contribution is 8.00. The van der Waals surface area contributed by atoms with Gasteiger partial charge in [-0.05, 0) is 57.1 Å². The average Bonchev–Trinajstić information content (AvgIpc) is 2.41. The van der Waals surface area contributed by atoms with E-state index in [1.807, 2.05) is 33.8 Å². The van der Waals surface area contributed by atoms with E-state index >= 15 is 0 Å². The Morgan fingerprint density at radius 3 is 2.71 bits per heavy atom. The molecule has 0 unspecified atom stereocenters. The van der Waals surface area contributed by atoms with Gasteiger partial charge in [-0.2, -0.15) is 11.8 Å². The van der Waals surface area contributed by atoms with Crippen molar-refractivity contribution < 1.29 is 14.6 Å². The zero-order chi connectivity index (χ0) is 16.0. The molecule has 1 atom stereocenters. The lowest BCUT2D eigenvalue weighted by Crippen LogP contribution is -2.46. The molecule has 0 spiro atoms. The van der Waals surface area contributed by atoms with Gasteiger partial charge in [-0.25, -0.2) is 0 Å². The van der Waals surface area contributed by atoms with Gasteiger partial charge in [0.2, 0.25) is 0 Å². The second kappa shape index (κ2) is 7.71. The minimum atomic E-state index is -0.959. The fourth-order valence-electron chi connectivity index (χ4n) is 1.83. The van der Waals surface area contributed by atoms with Crippen LogP contribution in [0.15, 0.2) is 18.2 Å².